The monoisotopic (exact) mass is 276 g/mol. The average Bonchev–Trinajstić information content (AvgIpc) is 2.94. The van der Waals surface area contributed by atoms with Gasteiger partial charge in [-0.25, -0.2) is 0 Å². The molecule has 0 fully saturated rings. The lowest BCUT2D eigenvalue weighted by atomic mass is 10.2. The topological polar surface area (TPSA) is 77.3 Å². The number of nitrogen functional groups attached to an aromatic ring is 1. The average molecular weight is 276 g/mol. The van der Waals surface area contributed by atoms with Gasteiger partial charge < -0.3 is 19.7 Å². The van der Waals surface area contributed by atoms with Gasteiger partial charge in [-0.2, -0.15) is 0 Å². The van der Waals surface area contributed by atoms with Crippen molar-refractivity contribution in [1.29, 1.82) is 0 Å². The number of hydrogen-bond acceptors (Lipinski definition) is 4. The number of aromatic nitrogens is 2. The highest BCUT2D eigenvalue weighted by Crippen LogP contribution is 2.17. The molecule has 0 spiro atoms. The second-order valence-corrected chi connectivity index (χ2v) is 4.91. The summed E-state index contributed by atoms with van der Waals surface area (Å²) in [5.74, 6) is 0.677. The first-order chi connectivity index (χ1) is 9.43. The van der Waals surface area contributed by atoms with Crippen molar-refractivity contribution in [3.8, 4) is 0 Å². The van der Waals surface area contributed by atoms with Crippen molar-refractivity contribution >= 4 is 11.6 Å². The lowest BCUT2D eigenvalue weighted by molar-refractivity contribution is 0.0774. The molecule has 0 aliphatic carbocycles. The lowest BCUT2D eigenvalue weighted by Gasteiger charge is -2.17. The molecule has 0 saturated carbocycles. The van der Waals surface area contributed by atoms with Crippen molar-refractivity contribution in [3.05, 3.63) is 35.0 Å². The molecule has 0 saturated heterocycles. The van der Waals surface area contributed by atoms with Gasteiger partial charge in [0.2, 0.25) is 0 Å². The molecule has 2 aromatic heterocycles. The molecule has 2 rings (SSSR count). The van der Waals surface area contributed by atoms with Crippen LogP contribution in [0, 0.1) is 13.8 Å². The minimum atomic E-state index is -0.0662. The van der Waals surface area contributed by atoms with E-state index in [4.69, 9.17) is 10.3 Å². The Morgan fingerprint density at radius 2 is 2.20 bits per heavy atom. The molecule has 0 aromatic carbocycles. The highest BCUT2D eigenvalue weighted by atomic mass is 16.5. The first-order valence-electron chi connectivity index (χ1n) is 6.56. The quantitative estimate of drug-likeness (QED) is 0.926. The van der Waals surface area contributed by atoms with Gasteiger partial charge in [-0.05, 0) is 26.8 Å². The van der Waals surface area contributed by atoms with Gasteiger partial charge in [0.05, 0.1) is 17.9 Å². The zero-order valence-electron chi connectivity index (χ0n) is 12.3. The molecule has 20 heavy (non-hydrogen) atoms. The van der Waals surface area contributed by atoms with Gasteiger partial charge in [0.25, 0.3) is 5.91 Å². The normalized spacial score (nSPS) is 10.8. The van der Waals surface area contributed by atoms with Gasteiger partial charge in [0, 0.05) is 25.4 Å². The van der Waals surface area contributed by atoms with Crippen molar-refractivity contribution in [2.45, 2.75) is 33.9 Å². The van der Waals surface area contributed by atoms with Gasteiger partial charge in [0.15, 0.2) is 0 Å². The van der Waals surface area contributed by atoms with Crippen molar-refractivity contribution < 1.29 is 9.32 Å². The summed E-state index contributed by atoms with van der Waals surface area (Å²) in [4.78, 5) is 14.1. The summed E-state index contributed by atoms with van der Waals surface area (Å²) in [5.41, 5.74) is 8.72. The van der Waals surface area contributed by atoms with Crippen molar-refractivity contribution in [2.75, 3.05) is 12.8 Å². The molecule has 0 aliphatic rings. The SMILES string of the molecule is CCn1cc(N)cc1C(=O)N(C)Cc1c(C)noc1C. The largest absolute Gasteiger partial charge is 0.397 e. The van der Waals surface area contributed by atoms with Gasteiger partial charge in [-0.15, -0.1) is 0 Å². The van der Waals surface area contributed by atoms with Crippen LogP contribution in [0.2, 0.25) is 0 Å². The molecule has 2 N–H and O–H groups in total. The third kappa shape index (κ3) is 2.54. The molecule has 0 aliphatic heterocycles. The molecule has 1 amide bonds. The molecule has 108 valence electrons. The molecule has 0 bridgehead atoms. The van der Waals surface area contributed by atoms with E-state index in [0.717, 1.165) is 17.0 Å². The Bertz CT molecular complexity index is 608. The molecule has 0 unspecified atom stereocenters. The number of carbonyl (C=O) groups excluding carboxylic acids is 1. The van der Waals surface area contributed by atoms with E-state index in [1.54, 1.807) is 24.2 Å². The van der Waals surface area contributed by atoms with E-state index in [0.29, 0.717) is 24.5 Å². The molecule has 0 atom stereocenters. The van der Waals surface area contributed by atoms with Crippen LogP contribution in [0.4, 0.5) is 5.69 Å². The summed E-state index contributed by atoms with van der Waals surface area (Å²) in [6.07, 6.45) is 1.77. The summed E-state index contributed by atoms with van der Waals surface area (Å²) >= 11 is 0. The maximum atomic E-state index is 12.5. The highest BCUT2D eigenvalue weighted by molar-refractivity contribution is 5.93. The fourth-order valence-electron chi connectivity index (χ4n) is 2.21. The van der Waals surface area contributed by atoms with E-state index in [1.165, 1.54) is 0 Å². The summed E-state index contributed by atoms with van der Waals surface area (Å²) in [5, 5.41) is 3.90. The minimum Gasteiger partial charge on any atom is -0.397 e. The maximum absolute atomic E-state index is 12.5. The van der Waals surface area contributed by atoms with Crippen LogP contribution in [0.3, 0.4) is 0 Å². The minimum absolute atomic E-state index is 0.0662. The number of hydrogen-bond donors (Lipinski definition) is 1. The predicted molar refractivity (Wildman–Crippen MR) is 76.3 cm³/mol. The number of aryl methyl sites for hydroxylation is 3. The van der Waals surface area contributed by atoms with Gasteiger partial charge in [-0.1, -0.05) is 5.16 Å². The Morgan fingerprint density at radius 1 is 1.50 bits per heavy atom. The zero-order chi connectivity index (χ0) is 14.9. The zero-order valence-corrected chi connectivity index (χ0v) is 12.3. The van der Waals surface area contributed by atoms with Crippen LogP contribution in [0.5, 0.6) is 0 Å². The van der Waals surface area contributed by atoms with E-state index in [1.807, 2.05) is 25.3 Å². The number of nitrogens with zero attached hydrogens (tertiary/aromatic N) is 3. The second kappa shape index (κ2) is 5.40. The number of anilines is 1. The van der Waals surface area contributed by atoms with Crippen LogP contribution >= 0.6 is 0 Å². The Morgan fingerprint density at radius 3 is 2.75 bits per heavy atom. The summed E-state index contributed by atoms with van der Waals surface area (Å²) in [6, 6.07) is 1.70. The van der Waals surface area contributed by atoms with Gasteiger partial charge >= 0.3 is 0 Å². The third-order valence-electron chi connectivity index (χ3n) is 3.40. The van der Waals surface area contributed by atoms with Gasteiger partial charge in [0.1, 0.15) is 11.5 Å². The highest BCUT2D eigenvalue weighted by Gasteiger charge is 2.19. The van der Waals surface area contributed by atoms with E-state index in [-0.39, 0.29) is 5.91 Å². The van der Waals surface area contributed by atoms with Crippen molar-refractivity contribution in [3.63, 3.8) is 0 Å². The smallest absolute Gasteiger partial charge is 0.270 e. The fourth-order valence-corrected chi connectivity index (χ4v) is 2.21. The van der Waals surface area contributed by atoms with Crippen molar-refractivity contribution in [1.82, 2.24) is 14.6 Å². The van der Waals surface area contributed by atoms with Gasteiger partial charge in [-0.3, -0.25) is 4.79 Å². The molecule has 6 heteroatoms. The van der Waals surface area contributed by atoms with Crippen LogP contribution in [-0.4, -0.2) is 27.6 Å². The molecule has 2 heterocycles. The second-order valence-electron chi connectivity index (χ2n) is 4.91. The van der Waals surface area contributed by atoms with Crippen LogP contribution in [0.25, 0.3) is 0 Å². The van der Waals surface area contributed by atoms with Crippen LogP contribution in [-0.2, 0) is 13.1 Å². The number of carbonyl (C=O) groups is 1. The maximum Gasteiger partial charge on any atom is 0.270 e. The summed E-state index contributed by atoms with van der Waals surface area (Å²) < 4.78 is 6.97. The Labute approximate surface area is 118 Å². The summed E-state index contributed by atoms with van der Waals surface area (Å²) in [7, 11) is 1.76. The van der Waals surface area contributed by atoms with E-state index in [9.17, 15) is 4.79 Å². The van der Waals surface area contributed by atoms with E-state index in [2.05, 4.69) is 5.16 Å². The molecule has 2 aromatic rings. The number of amides is 1. The molecule has 6 nitrogen and oxygen atoms in total. The fraction of sp³-hybridized carbons (Fsp3) is 0.429. The predicted octanol–water partition coefficient (Wildman–Crippen LogP) is 1.97. The Kier molecular flexibility index (Phi) is 3.83. The van der Waals surface area contributed by atoms with Crippen LogP contribution in [0.1, 0.15) is 34.4 Å². The molecular formula is C14H20N4O2. The standard InChI is InChI=1S/C14H20N4O2/c1-5-18-7-11(15)6-13(18)14(19)17(4)8-12-9(2)16-20-10(12)3/h6-7H,5,8,15H2,1-4H3. The lowest BCUT2D eigenvalue weighted by Crippen LogP contribution is -2.28. The molecular weight excluding hydrogens is 256 g/mol. The number of rotatable bonds is 4. The van der Waals surface area contributed by atoms with Crippen LogP contribution < -0.4 is 5.73 Å². The Hall–Kier alpha value is -2.24. The summed E-state index contributed by atoms with van der Waals surface area (Å²) in [6.45, 7) is 6.87. The van der Waals surface area contributed by atoms with E-state index < -0.39 is 0 Å². The van der Waals surface area contributed by atoms with Crippen LogP contribution in [0.15, 0.2) is 16.8 Å². The third-order valence-corrected chi connectivity index (χ3v) is 3.40. The van der Waals surface area contributed by atoms with Crippen molar-refractivity contribution in [2.24, 2.45) is 0 Å². The first kappa shape index (κ1) is 14.2. The number of nitrogens with two attached hydrogens (primary N) is 1. The van der Waals surface area contributed by atoms with E-state index >= 15 is 0 Å². The Balaban J connectivity index is 2.20. The molecule has 0 radical (unpaired) electrons. The first-order valence-corrected chi connectivity index (χ1v) is 6.56.